The molecule has 0 bridgehead atoms. The van der Waals surface area contributed by atoms with Gasteiger partial charge >= 0.3 is 10.4 Å². The average molecular weight is 262 g/mol. The second-order valence-corrected chi connectivity index (χ2v) is 4.85. The molecule has 0 aromatic heterocycles. The number of para-hydroxylation sites is 1. The maximum atomic E-state index is 12.5. The van der Waals surface area contributed by atoms with E-state index in [9.17, 15) is 22.4 Å². The fraction of sp³-hybridized carbons (Fsp3) is 0.333. The molecule has 8 heteroatoms. The first-order valence-corrected chi connectivity index (χ1v) is 6.04. The van der Waals surface area contributed by atoms with Crippen LogP contribution in [0.3, 0.4) is 0 Å². The summed E-state index contributed by atoms with van der Waals surface area (Å²) in [6.07, 6.45) is 0.0802. The quantitative estimate of drug-likeness (QED) is 0.455. The van der Waals surface area contributed by atoms with E-state index in [1.807, 2.05) is 0 Å². The van der Waals surface area contributed by atoms with Crippen molar-refractivity contribution in [1.82, 2.24) is 4.31 Å². The lowest BCUT2D eigenvalue weighted by atomic mass is 10.1. The molecular weight excluding hydrogens is 251 g/mol. The molecule has 94 valence electrons. The molecule has 0 saturated carbocycles. The van der Waals surface area contributed by atoms with Crippen molar-refractivity contribution in [2.75, 3.05) is 13.6 Å². The predicted octanol–water partition coefficient (Wildman–Crippen LogP) is 1.28. The first kappa shape index (κ1) is 13.5. The number of halogens is 1. The maximum absolute atomic E-state index is 12.5. The minimum absolute atomic E-state index is 0.0802. The molecule has 0 aliphatic rings. The van der Waals surface area contributed by atoms with Gasteiger partial charge in [-0.3, -0.25) is 10.1 Å². The largest absolute Gasteiger partial charge is 0.374 e. The fourth-order valence-electron chi connectivity index (χ4n) is 1.29. The zero-order valence-corrected chi connectivity index (χ0v) is 9.85. The van der Waals surface area contributed by atoms with E-state index in [0.29, 0.717) is 9.87 Å². The number of hydrogen-bond acceptors (Lipinski definition) is 4. The Kier molecular flexibility index (Phi) is 4.13. The molecule has 0 amide bonds. The van der Waals surface area contributed by atoms with Crippen LogP contribution in [0.5, 0.6) is 0 Å². The van der Waals surface area contributed by atoms with Crippen LogP contribution in [0.4, 0.5) is 9.57 Å². The standard InChI is InChI=1S/C9H11FN2O4S/c1-11(17(10,15)16)7-6-8-4-2-3-5-9(8)12(13)14/h2-5H,6-7H2,1H3. The van der Waals surface area contributed by atoms with Gasteiger partial charge in [-0.1, -0.05) is 22.1 Å². The Labute approximate surface area is 98.2 Å². The Morgan fingerprint density at radius 2 is 2.00 bits per heavy atom. The summed E-state index contributed by atoms with van der Waals surface area (Å²) in [7, 11) is -3.67. The van der Waals surface area contributed by atoms with Crippen LogP contribution >= 0.6 is 0 Å². The number of benzene rings is 1. The van der Waals surface area contributed by atoms with Crippen LogP contribution in [-0.2, 0) is 16.8 Å². The number of likely N-dealkylation sites (N-methyl/N-ethyl adjacent to an activating group) is 1. The number of nitro benzene ring substituents is 1. The highest BCUT2D eigenvalue weighted by atomic mass is 32.3. The molecule has 0 aliphatic carbocycles. The molecule has 0 fully saturated rings. The second-order valence-electron chi connectivity index (χ2n) is 3.40. The molecule has 0 spiro atoms. The Balaban J connectivity index is 2.80. The second kappa shape index (κ2) is 5.19. The van der Waals surface area contributed by atoms with Crippen LogP contribution < -0.4 is 0 Å². The van der Waals surface area contributed by atoms with E-state index in [1.54, 1.807) is 6.07 Å². The summed E-state index contributed by atoms with van der Waals surface area (Å²) in [5, 5.41) is 10.7. The summed E-state index contributed by atoms with van der Waals surface area (Å²) in [4.78, 5) is 10.1. The topological polar surface area (TPSA) is 80.5 Å². The zero-order valence-electron chi connectivity index (χ0n) is 9.04. The van der Waals surface area contributed by atoms with Gasteiger partial charge in [-0.2, -0.15) is 12.7 Å². The third-order valence-corrected chi connectivity index (χ3v) is 3.18. The third-order valence-electron chi connectivity index (χ3n) is 2.26. The summed E-state index contributed by atoms with van der Waals surface area (Å²) < 4.78 is 34.0. The average Bonchev–Trinajstić information content (AvgIpc) is 2.24. The molecule has 0 aliphatic heterocycles. The van der Waals surface area contributed by atoms with Crippen LogP contribution in [0, 0.1) is 10.1 Å². The molecular formula is C9H11FN2O4S. The van der Waals surface area contributed by atoms with E-state index in [0.717, 1.165) is 7.05 Å². The van der Waals surface area contributed by atoms with Crippen molar-refractivity contribution in [3.05, 3.63) is 39.9 Å². The van der Waals surface area contributed by atoms with Gasteiger partial charge in [-0.05, 0) is 6.42 Å². The number of hydrogen-bond donors (Lipinski definition) is 0. The highest BCUT2D eigenvalue weighted by molar-refractivity contribution is 7.83. The summed E-state index contributed by atoms with van der Waals surface area (Å²) in [6, 6.07) is 5.94. The minimum Gasteiger partial charge on any atom is -0.258 e. The fourth-order valence-corrected chi connectivity index (χ4v) is 1.60. The molecule has 1 rings (SSSR count). The highest BCUT2D eigenvalue weighted by Gasteiger charge is 2.18. The van der Waals surface area contributed by atoms with Gasteiger partial charge in [-0.25, -0.2) is 0 Å². The lowest BCUT2D eigenvalue weighted by Crippen LogP contribution is -2.25. The van der Waals surface area contributed by atoms with E-state index in [4.69, 9.17) is 0 Å². The van der Waals surface area contributed by atoms with E-state index in [1.165, 1.54) is 18.2 Å². The van der Waals surface area contributed by atoms with Crippen molar-refractivity contribution >= 4 is 16.1 Å². The summed E-state index contributed by atoms with van der Waals surface area (Å²) in [5.41, 5.74) is 0.269. The normalized spacial score (nSPS) is 11.7. The summed E-state index contributed by atoms with van der Waals surface area (Å²) in [5.74, 6) is 0. The number of nitro groups is 1. The van der Waals surface area contributed by atoms with Gasteiger partial charge in [0.2, 0.25) is 0 Å². The molecule has 17 heavy (non-hydrogen) atoms. The highest BCUT2D eigenvalue weighted by Crippen LogP contribution is 2.18. The number of rotatable bonds is 5. The molecule has 0 N–H and O–H groups in total. The Bertz CT molecular complexity index is 517. The number of nitrogens with zero attached hydrogens (tertiary/aromatic N) is 2. The lowest BCUT2D eigenvalue weighted by molar-refractivity contribution is -0.385. The predicted molar refractivity (Wildman–Crippen MR) is 59.5 cm³/mol. The molecule has 0 atom stereocenters. The third kappa shape index (κ3) is 3.75. The van der Waals surface area contributed by atoms with Crippen molar-refractivity contribution in [1.29, 1.82) is 0 Å². The lowest BCUT2D eigenvalue weighted by Gasteiger charge is -2.10. The van der Waals surface area contributed by atoms with Crippen molar-refractivity contribution in [2.45, 2.75) is 6.42 Å². The van der Waals surface area contributed by atoms with Crippen molar-refractivity contribution in [3.8, 4) is 0 Å². The van der Waals surface area contributed by atoms with E-state index in [2.05, 4.69) is 0 Å². The maximum Gasteiger partial charge on any atom is 0.374 e. The first-order valence-electron chi connectivity index (χ1n) is 4.70. The van der Waals surface area contributed by atoms with Gasteiger partial charge in [0.25, 0.3) is 5.69 Å². The summed E-state index contributed by atoms with van der Waals surface area (Å²) >= 11 is 0. The van der Waals surface area contributed by atoms with Gasteiger partial charge in [0.1, 0.15) is 0 Å². The molecule has 6 nitrogen and oxygen atoms in total. The minimum atomic E-state index is -4.74. The zero-order chi connectivity index (χ0) is 13.1. The van der Waals surface area contributed by atoms with Crippen LogP contribution in [0.1, 0.15) is 5.56 Å². The van der Waals surface area contributed by atoms with Crippen LogP contribution in [0.15, 0.2) is 24.3 Å². The van der Waals surface area contributed by atoms with Crippen LogP contribution in [0.25, 0.3) is 0 Å². The Morgan fingerprint density at radius 3 is 2.53 bits per heavy atom. The van der Waals surface area contributed by atoms with E-state index in [-0.39, 0.29) is 18.7 Å². The van der Waals surface area contributed by atoms with Crippen molar-refractivity contribution in [2.24, 2.45) is 0 Å². The van der Waals surface area contributed by atoms with Gasteiger partial charge in [0, 0.05) is 25.2 Å². The molecule has 1 aromatic carbocycles. The van der Waals surface area contributed by atoms with E-state index >= 15 is 0 Å². The molecule has 0 radical (unpaired) electrons. The van der Waals surface area contributed by atoms with Gasteiger partial charge in [-0.15, -0.1) is 0 Å². The smallest absolute Gasteiger partial charge is 0.258 e. The Hall–Kier alpha value is -1.54. The van der Waals surface area contributed by atoms with Gasteiger partial charge in [0.05, 0.1) is 4.92 Å². The summed E-state index contributed by atoms with van der Waals surface area (Å²) in [6.45, 7) is -0.149. The first-order chi connectivity index (χ1) is 7.82. The monoisotopic (exact) mass is 262 g/mol. The van der Waals surface area contributed by atoms with Gasteiger partial charge < -0.3 is 0 Å². The molecule has 1 aromatic rings. The van der Waals surface area contributed by atoms with Crippen molar-refractivity contribution < 1.29 is 17.2 Å². The van der Waals surface area contributed by atoms with Crippen LogP contribution in [-0.4, -0.2) is 31.2 Å². The molecule has 0 heterocycles. The Morgan fingerprint density at radius 1 is 1.41 bits per heavy atom. The van der Waals surface area contributed by atoms with Crippen LogP contribution in [0.2, 0.25) is 0 Å². The SMILES string of the molecule is CN(CCc1ccccc1[N+](=O)[O-])S(=O)(=O)F. The van der Waals surface area contributed by atoms with Gasteiger partial charge in [0.15, 0.2) is 0 Å². The van der Waals surface area contributed by atoms with Crippen molar-refractivity contribution in [3.63, 3.8) is 0 Å². The van der Waals surface area contributed by atoms with E-state index < -0.39 is 15.3 Å². The molecule has 0 saturated heterocycles. The molecule has 0 unspecified atom stereocenters.